The molecule has 1 saturated carbocycles. The summed E-state index contributed by atoms with van der Waals surface area (Å²) in [5.41, 5.74) is 3.21. The fourth-order valence-corrected chi connectivity index (χ4v) is 2.82. The second-order valence-electron chi connectivity index (χ2n) is 5.36. The number of benzene rings is 1. The van der Waals surface area contributed by atoms with Crippen molar-refractivity contribution >= 4 is 11.8 Å². The minimum Gasteiger partial charge on any atom is -0.481 e. The zero-order valence-electron chi connectivity index (χ0n) is 11.3. The highest BCUT2D eigenvalue weighted by molar-refractivity contribution is 5.86. The highest BCUT2D eigenvalue weighted by atomic mass is 16.4. The van der Waals surface area contributed by atoms with Crippen LogP contribution in [-0.4, -0.2) is 16.9 Å². The molecule has 0 radical (unpaired) electrons. The molecule has 0 saturated heterocycles. The summed E-state index contributed by atoms with van der Waals surface area (Å²) in [5.74, 6) is -0.493. The average molecular weight is 260 g/mol. The van der Waals surface area contributed by atoms with Gasteiger partial charge in [-0.1, -0.05) is 30.2 Å². The van der Waals surface area contributed by atoms with E-state index >= 15 is 0 Å². The predicted octanol–water partition coefficient (Wildman–Crippen LogP) is 3.24. The van der Waals surface area contributed by atoms with E-state index in [2.05, 4.69) is 6.07 Å². The number of Topliss-reactive ketones (excluding diaryl/α,β-unsaturated/α-hetero) is 1. The van der Waals surface area contributed by atoms with Gasteiger partial charge < -0.3 is 5.11 Å². The molecule has 0 spiro atoms. The Morgan fingerprint density at radius 1 is 1.37 bits per heavy atom. The van der Waals surface area contributed by atoms with E-state index in [1.165, 1.54) is 0 Å². The number of carbonyl (C=O) groups is 2. The molecule has 1 aromatic rings. The summed E-state index contributed by atoms with van der Waals surface area (Å²) >= 11 is 0. The van der Waals surface area contributed by atoms with Gasteiger partial charge >= 0.3 is 5.97 Å². The number of carbonyl (C=O) groups excluding carboxylic acids is 1. The first-order valence-electron chi connectivity index (χ1n) is 6.92. The lowest BCUT2D eigenvalue weighted by Gasteiger charge is -2.23. The normalized spacial score (nSPS) is 19.4. The lowest BCUT2D eigenvalue weighted by molar-refractivity contribution is -0.137. The van der Waals surface area contributed by atoms with Crippen LogP contribution in [0.2, 0.25) is 0 Å². The van der Waals surface area contributed by atoms with E-state index in [0.717, 1.165) is 36.0 Å². The third kappa shape index (κ3) is 3.43. The van der Waals surface area contributed by atoms with E-state index in [4.69, 9.17) is 5.11 Å². The highest BCUT2D eigenvalue weighted by Crippen LogP contribution is 2.33. The van der Waals surface area contributed by atoms with E-state index in [1.54, 1.807) is 0 Å². The fourth-order valence-electron chi connectivity index (χ4n) is 2.82. The third-order valence-electron chi connectivity index (χ3n) is 3.84. The molecule has 102 valence electrons. The quantitative estimate of drug-likeness (QED) is 0.904. The van der Waals surface area contributed by atoms with Crippen molar-refractivity contribution in [2.24, 2.45) is 0 Å². The molecule has 3 nitrogen and oxygen atoms in total. The molecule has 0 heterocycles. The largest absolute Gasteiger partial charge is 0.481 e. The van der Waals surface area contributed by atoms with Gasteiger partial charge in [-0.15, -0.1) is 0 Å². The Morgan fingerprint density at radius 3 is 2.84 bits per heavy atom. The van der Waals surface area contributed by atoms with Crippen molar-refractivity contribution < 1.29 is 14.7 Å². The number of aliphatic carboxylic acids is 1. The van der Waals surface area contributed by atoms with E-state index in [9.17, 15) is 9.59 Å². The van der Waals surface area contributed by atoms with Crippen molar-refractivity contribution in [1.29, 1.82) is 0 Å². The van der Waals surface area contributed by atoms with E-state index in [0.29, 0.717) is 18.6 Å². The van der Waals surface area contributed by atoms with Gasteiger partial charge in [-0.25, -0.2) is 0 Å². The number of hydrogen-bond donors (Lipinski definition) is 1. The van der Waals surface area contributed by atoms with E-state index in [-0.39, 0.29) is 12.3 Å². The van der Waals surface area contributed by atoms with Crippen LogP contribution < -0.4 is 0 Å². The van der Waals surface area contributed by atoms with Gasteiger partial charge in [-0.05, 0) is 37.3 Å². The van der Waals surface area contributed by atoms with Gasteiger partial charge in [-0.3, -0.25) is 9.59 Å². The first-order chi connectivity index (χ1) is 9.08. The Morgan fingerprint density at radius 2 is 2.16 bits per heavy atom. The van der Waals surface area contributed by atoms with Crippen molar-refractivity contribution in [3.05, 3.63) is 34.9 Å². The van der Waals surface area contributed by atoms with Crippen LogP contribution in [0.4, 0.5) is 0 Å². The van der Waals surface area contributed by atoms with Crippen LogP contribution in [0.3, 0.4) is 0 Å². The number of carboxylic acid groups (broad SMARTS) is 1. The second-order valence-corrected chi connectivity index (χ2v) is 5.36. The number of carboxylic acids is 1. The SMILES string of the molecule is Cc1ccc(CCC(=O)O)c(C2CCCCC2=O)c1. The summed E-state index contributed by atoms with van der Waals surface area (Å²) in [6.45, 7) is 2.01. The summed E-state index contributed by atoms with van der Waals surface area (Å²) < 4.78 is 0. The van der Waals surface area contributed by atoms with Crippen molar-refractivity contribution in [2.75, 3.05) is 0 Å². The molecule has 0 aromatic heterocycles. The first-order valence-corrected chi connectivity index (χ1v) is 6.92. The molecule has 1 atom stereocenters. The molecule has 1 aliphatic rings. The Bertz CT molecular complexity index is 491. The summed E-state index contributed by atoms with van der Waals surface area (Å²) in [6.07, 6.45) is 4.28. The van der Waals surface area contributed by atoms with Crippen molar-refractivity contribution in [3.63, 3.8) is 0 Å². The summed E-state index contributed by atoms with van der Waals surface area (Å²) in [7, 11) is 0. The number of aryl methyl sites for hydroxylation is 2. The molecule has 3 heteroatoms. The van der Waals surface area contributed by atoms with Gasteiger partial charge in [0.15, 0.2) is 0 Å². The first kappa shape index (κ1) is 13.8. The molecular formula is C16H20O3. The minimum atomic E-state index is -0.790. The van der Waals surface area contributed by atoms with E-state index in [1.807, 2.05) is 19.1 Å². The second kappa shape index (κ2) is 6.00. The van der Waals surface area contributed by atoms with Crippen molar-refractivity contribution in [3.8, 4) is 0 Å². The Kier molecular flexibility index (Phi) is 4.35. The van der Waals surface area contributed by atoms with Crippen molar-refractivity contribution in [1.82, 2.24) is 0 Å². The molecule has 1 fully saturated rings. The van der Waals surface area contributed by atoms with Gasteiger partial charge in [-0.2, -0.15) is 0 Å². The van der Waals surface area contributed by atoms with Crippen LogP contribution in [0.5, 0.6) is 0 Å². The summed E-state index contributed by atoms with van der Waals surface area (Å²) in [4.78, 5) is 22.8. The van der Waals surface area contributed by atoms with Crippen LogP contribution in [0.15, 0.2) is 18.2 Å². The Labute approximate surface area is 113 Å². The maximum absolute atomic E-state index is 12.1. The zero-order chi connectivity index (χ0) is 13.8. The third-order valence-corrected chi connectivity index (χ3v) is 3.84. The highest BCUT2D eigenvalue weighted by Gasteiger charge is 2.25. The lowest BCUT2D eigenvalue weighted by Crippen LogP contribution is -2.18. The van der Waals surface area contributed by atoms with Crippen LogP contribution >= 0.6 is 0 Å². The van der Waals surface area contributed by atoms with Gasteiger partial charge in [0.25, 0.3) is 0 Å². The standard InChI is InChI=1S/C16H20O3/c1-11-6-7-12(8-9-16(18)19)14(10-11)13-4-2-3-5-15(13)17/h6-7,10,13H,2-5,8-9H2,1H3,(H,18,19). The van der Waals surface area contributed by atoms with Gasteiger partial charge in [0.1, 0.15) is 5.78 Å². The van der Waals surface area contributed by atoms with Gasteiger partial charge in [0.2, 0.25) is 0 Å². The molecule has 0 bridgehead atoms. The predicted molar refractivity (Wildman–Crippen MR) is 73.4 cm³/mol. The Hall–Kier alpha value is -1.64. The maximum Gasteiger partial charge on any atom is 0.303 e. The van der Waals surface area contributed by atoms with Gasteiger partial charge in [0, 0.05) is 18.8 Å². The van der Waals surface area contributed by atoms with E-state index < -0.39 is 5.97 Å². The molecule has 1 aliphatic carbocycles. The Balaban J connectivity index is 2.28. The molecule has 2 rings (SSSR count). The lowest BCUT2D eigenvalue weighted by atomic mass is 9.80. The van der Waals surface area contributed by atoms with Crippen LogP contribution in [0.25, 0.3) is 0 Å². The van der Waals surface area contributed by atoms with Crippen LogP contribution in [-0.2, 0) is 16.0 Å². The van der Waals surface area contributed by atoms with Crippen LogP contribution in [0, 0.1) is 6.92 Å². The number of rotatable bonds is 4. The summed E-state index contributed by atoms with van der Waals surface area (Å²) in [6, 6.07) is 6.04. The van der Waals surface area contributed by atoms with Crippen molar-refractivity contribution in [2.45, 2.75) is 51.4 Å². The number of hydrogen-bond acceptors (Lipinski definition) is 2. The molecule has 19 heavy (non-hydrogen) atoms. The number of ketones is 1. The molecule has 1 unspecified atom stereocenters. The molecule has 1 N–H and O–H groups in total. The topological polar surface area (TPSA) is 54.4 Å². The summed E-state index contributed by atoms with van der Waals surface area (Å²) in [5, 5.41) is 8.82. The smallest absolute Gasteiger partial charge is 0.303 e. The fraction of sp³-hybridized carbons (Fsp3) is 0.500. The zero-order valence-corrected chi connectivity index (χ0v) is 11.3. The van der Waals surface area contributed by atoms with Gasteiger partial charge in [0.05, 0.1) is 0 Å². The average Bonchev–Trinajstić information content (AvgIpc) is 2.37. The maximum atomic E-state index is 12.1. The molecule has 0 aliphatic heterocycles. The monoisotopic (exact) mass is 260 g/mol. The molecule has 0 amide bonds. The molecule has 1 aromatic carbocycles. The molecular weight excluding hydrogens is 240 g/mol. The minimum absolute atomic E-state index is 0.0163. The van der Waals surface area contributed by atoms with Crippen LogP contribution in [0.1, 0.15) is 54.7 Å².